The molecule has 0 saturated carbocycles. The van der Waals surface area contributed by atoms with E-state index in [1.807, 2.05) is 18.2 Å². The van der Waals surface area contributed by atoms with Crippen molar-refractivity contribution in [2.45, 2.75) is 6.42 Å². The molecule has 0 aliphatic heterocycles. The number of halogens is 2. The third-order valence-corrected chi connectivity index (χ3v) is 5.20. The van der Waals surface area contributed by atoms with Gasteiger partial charge in [-0.05, 0) is 58.6 Å². The summed E-state index contributed by atoms with van der Waals surface area (Å²) in [4.78, 5) is 19.6. The number of hydrogen-bond donors (Lipinski definition) is 3. The number of anilines is 2. The van der Waals surface area contributed by atoms with Gasteiger partial charge in [0.2, 0.25) is 5.91 Å². The third kappa shape index (κ3) is 6.07. The number of nitrogens with one attached hydrogen (secondary N) is 3. The van der Waals surface area contributed by atoms with Gasteiger partial charge in [-0.3, -0.25) is 4.79 Å². The predicted molar refractivity (Wildman–Crippen MR) is 133 cm³/mol. The Hall–Kier alpha value is -5.10. The summed E-state index contributed by atoms with van der Waals surface area (Å²) in [7, 11) is 0. The highest BCUT2D eigenvalue weighted by molar-refractivity contribution is 5.95. The molecule has 0 fully saturated rings. The monoisotopic (exact) mass is 483 g/mol. The van der Waals surface area contributed by atoms with Crippen LogP contribution in [-0.2, 0) is 11.2 Å². The minimum absolute atomic E-state index is 0.0734. The minimum Gasteiger partial charge on any atom is -0.348 e. The number of hydrogen-bond acceptors (Lipinski definition) is 3. The van der Waals surface area contributed by atoms with Crippen molar-refractivity contribution in [1.82, 2.24) is 0 Å². The van der Waals surface area contributed by atoms with Crippen molar-refractivity contribution in [2.24, 2.45) is 10.7 Å². The molecule has 0 atom stereocenters. The molecule has 4 aromatic rings. The molecule has 4 rings (SSSR count). The molecule has 0 spiro atoms. The van der Waals surface area contributed by atoms with E-state index in [0.717, 1.165) is 23.3 Å². The number of para-hydroxylation sites is 1. The van der Waals surface area contributed by atoms with Gasteiger partial charge >= 0.3 is 11.8 Å². The average Bonchev–Trinajstić information content (AvgIpc) is 2.87. The number of aliphatic imine (C=N–C) groups is 1. The minimum atomic E-state index is -0.985. The van der Waals surface area contributed by atoms with Crippen LogP contribution in [0.4, 0.5) is 26.0 Å². The zero-order valence-corrected chi connectivity index (χ0v) is 18.9. The number of nitrogens with zero attached hydrogens (tertiary/aromatic N) is 2. The Bertz CT molecular complexity index is 1460. The fourth-order valence-corrected chi connectivity index (χ4v) is 3.44. The molecule has 1 heterocycles. The van der Waals surface area contributed by atoms with Gasteiger partial charge < -0.3 is 16.4 Å². The first-order valence-electron chi connectivity index (χ1n) is 10.9. The molecule has 3 aromatic carbocycles. The lowest BCUT2D eigenvalue weighted by atomic mass is 10.1. The largest absolute Gasteiger partial charge is 0.348 e. The second-order valence-electron chi connectivity index (χ2n) is 7.79. The number of benzene rings is 3. The molecule has 0 saturated heterocycles. The van der Waals surface area contributed by atoms with E-state index in [1.165, 1.54) is 6.07 Å². The molecule has 1 aromatic heterocycles. The maximum atomic E-state index is 13.3. The topological polar surface area (TPSA) is 117 Å². The number of nitrogens with two attached hydrogens (primary N) is 1. The van der Waals surface area contributed by atoms with E-state index in [-0.39, 0.29) is 18.3 Å². The molecule has 36 heavy (non-hydrogen) atoms. The lowest BCUT2D eigenvalue weighted by molar-refractivity contribution is -0.361. The molecule has 1 amide bonds. The Kier molecular flexibility index (Phi) is 7.27. The van der Waals surface area contributed by atoms with Crippen LogP contribution in [0.1, 0.15) is 11.1 Å². The molecule has 5 N–H and O–H groups in total. The highest BCUT2D eigenvalue weighted by atomic mass is 19.2. The SMILES string of the molecule is N#Cc1ccccc1NC(N)=Nc1ccc(-c2ccc(NC(=O)Cc3ccc(F)c(F)c3)cc2)c[nH+]1. The number of aromatic nitrogens is 1. The number of nitriles is 1. The van der Waals surface area contributed by atoms with Gasteiger partial charge in [0.05, 0.1) is 23.9 Å². The Morgan fingerprint density at radius 2 is 1.69 bits per heavy atom. The highest BCUT2D eigenvalue weighted by Crippen LogP contribution is 2.22. The summed E-state index contributed by atoms with van der Waals surface area (Å²) in [6, 6.07) is 23.3. The molecule has 0 bridgehead atoms. The first-order valence-corrected chi connectivity index (χ1v) is 10.9. The summed E-state index contributed by atoms with van der Waals surface area (Å²) in [6.07, 6.45) is 1.70. The zero-order chi connectivity index (χ0) is 25.5. The normalized spacial score (nSPS) is 11.0. The molecular formula is C27H21F2N6O+. The molecule has 0 aliphatic rings. The Morgan fingerprint density at radius 3 is 2.39 bits per heavy atom. The standard InChI is InChI=1S/C27H20F2N6O/c28-22-11-5-17(13-23(22)29)14-26(36)33-21-9-6-18(7-10-21)20-8-12-25(32-16-20)35-27(31)34-24-4-2-1-3-19(24)15-30/h1-13,16H,14H2,(H,33,36)(H3,31,32,34,35)/p+1. The fraction of sp³-hybridized carbons (Fsp3) is 0.0370. The lowest BCUT2D eigenvalue weighted by Crippen LogP contribution is -2.23. The summed E-state index contributed by atoms with van der Waals surface area (Å²) in [5, 5.41) is 14.8. The number of guanidine groups is 1. The van der Waals surface area contributed by atoms with E-state index in [9.17, 15) is 18.8 Å². The molecule has 0 aliphatic carbocycles. The van der Waals surface area contributed by atoms with Gasteiger partial charge in [-0.15, -0.1) is 0 Å². The second kappa shape index (κ2) is 10.9. The number of amides is 1. The van der Waals surface area contributed by atoms with Gasteiger partial charge in [0.25, 0.3) is 0 Å². The first kappa shape index (κ1) is 24.0. The van der Waals surface area contributed by atoms with Crippen LogP contribution in [0.15, 0.2) is 90.1 Å². The Morgan fingerprint density at radius 1 is 0.944 bits per heavy atom. The van der Waals surface area contributed by atoms with Gasteiger partial charge in [0.1, 0.15) is 6.07 Å². The molecule has 7 nitrogen and oxygen atoms in total. The van der Waals surface area contributed by atoms with Crippen LogP contribution in [-0.4, -0.2) is 11.9 Å². The molecule has 178 valence electrons. The average molecular weight is 484 g/mol. The van der Waals surface area contributed by atoms with E-state index in [1.54, 1.807) is 48.7 Å². The number of rotatable bonds is 6. The lowest BCUT2D eigenvalue weighted by Gasteiger charge is -2.07. The van der Waals surface area contributed by atoms with E-state index in [0.29, 0.717) is 28.3 Å². The number of pyridine rings is 1. The molecule has 9 heteroatoms. The third-order valence-electron chi connectivity index (χ3n) is 5.20. The van der Waals surface area contributed by atoms with Crippen LogP contribution in [0.2, 0.25) is 0 Å². The van der Waals surface area contributed by atoms with Gasteiger partial charge in [-0.1, -0.05) is 30.3 Å². The van der Waals surface area contributed by atoms with E-state index in [2.05, 4.69) is 26.7 Å². The summed E-state index contributed by atoms with van der Waals surface area (Å²) in [5.41, 5.74) is 9.73. The van der Waals surface area contributed by atoms with Crippen molar-refractivity contribution in [3.63, 3.8) is 0 Å². The summed E-state index contributed by atoms with van der Waals surface area (Å²) < 4.78 is 26.4. The highest BCUT2D eigenvalue weighted by Gasteiger charge is 2.10. The molecule has 0 unspecified atom stereocenters. The Balaban J connectivity index is 1.37. The smallest absolute Gasteiger partial charge is 0.325 e. The molecule has 0 radical (unpaired) electrons. The first-order chi connectivity index (χ1) is 17.4. The summed E-state index contributed by atoms with van der Waals surface area (Å²) in [5.74, 6) is -1.63. The quantitative estimate of drug-likeness (QED) is 0.275. The van der Waals surface area contributed by atoms with Crippen molar-refractivity contribution in [3.8, 4) is 17.2 Å². The van der Waals surface area contributed by atoms with Crippen molar-refractivity contribution in [3.05, 3.63) is 108 Å². The van der Waals surface area contributed by atoms with Gasteiger partial charge in [0, 0.05) is 17.3 Å². The second-order valence-corrected chi connectivity index (χ2v) is 7.79. The van der Waals surface area contributed by atoms with Crippen LogP contribution in [0, 0.1) is 23.0 Å². The van der Waals surface area contributed by atoms with Crippen molar-refractivity contribution in [1.29, 1.82) is 5.26 Å². The maximum Gasteiger partial charge on any atom is 0.325 e. The van der Waals surface area contributed by atoms with Crippen LogP contribution >= 0.6 is 0 Å². The zero-order valence-electron chi connectivity index (χ0n) is 18.9. The number of carbonyl (C=O) groups excluding carboxylic acids is 1. The maximum absolute atomic E-state index is 13.3. The van der Waals surface area contributed by atoms with Gasteiger partial charge in [-0.25, -0.2) is 13.8 Å². The summed E-state index contributed by atoms with van der Waals surface area (Å²) in [6.45, 7) is 0. The predicted octanol–water partition coefficient (Wildman–Crippen LogP) is 4.56. The fourth-order valence-electron chi connectivity index (χ4n) is 3.44. The van der Waals surface area contributed by atoms with Crippen molar-refractivity contribution in [2.75, 3.05) is 10.6 Å². The van der Waals surface area contributed by atoms with Crippen LogP contribution in [0.5, 0.6) is 0 Å². The number of carbonyl (C=O) groups is 1. The molecular weight excluding hydrogens is 462 g/mol. The van der Waals surface area contributed by atoms with E-state index >= 15 is 0 Å². The van der Waals surface area contributed by atoms with Gasteiger partial charge in [-0.2, -0.15) is 5.26 Å². The van der Waals surface area contributed by atoms with Crippen molar-refractivity contribution >= 4 is 29.1 Å². The number of H-pyrrole nitrogens is 1. The Labute approximate surface area is 206 Å². The van der Waals surface area contributed by atoms with Crippen LogP contribution in [0.3, 0.4) is 0 Å². The summed E-state index contributed by atoms with van der Waals surface area (Å²) >= 11 is 0. The van der Waals surface area contributed by atoms with Crippen molar-refractivity contribution < 1.29 is 18.6 Å². The van der Waals surface area contributed by atoms with Gasteiger partial charge in [0.15, 0.2) is 11.6 Å². The van der Waals surface area contributed by atoms with E-state index < -0.39 is 11.6 Å². The van der Waals surface area contributed by atoms with E-state index in [4.69, 9.17) is 5.73 Å². The number of aromatic amines is 1. The van der Waals surface area contributed by atoms with Crippen LogP contribution in [0.25, 0.3) is 11.1 Å². The van der Waals surface area contributed by atoms with Crippen LogP contribution < -0.4 is 21.4 Å².